The van der Waals surface area contributed by atoms with Crippen LogP contribution < -0.4 is 0 Å². The van der Waals surface area contributed by atoms with Crippen molar-refractivity contribution in [3.63, 3.8) is 0 Å². The maximum atomic E-state index is 2.91. The Morgan fingerprint density at radius 3 is 1.40 bits per heavy atom. The van der Waals surface area contributed by atoms with Gasteiger partial charge in [0.2, 0.25) is 0 Å². The summed E-state index contributed by atoms with van der Waals surface area (Å²) in [6, 6.07) is 32.6. The van der Waals surface area contributed by atoms with Gasteiger partial charge in [-0.2, -0.15) is 0 Å². The summed E-state index contributed by atoms with van der Waals surface area (Å²) in [5, 5.41) is 0. The zero-order valence-corrected chi connectivity index (χ0v) is 32.7. The summed E-state index contributed by atoms with van der Waals surface area (Å²) in [5.74, 6) is 1.65. The van der Waals surface area contributed by atoms with Gasteiger partial charge in [-0.25, -0.2) is 0 Å². The third kappa shape index (κ3) is 5.48. The van der Waals surface area contributed by atoms with Gasteiger partial charge in [0.25, 0.3) is 0 Å². The van der Waals surface area contributed by atoms with E-state index < -0.39 is 16.5 Å². The Labute approximate surface area is 270 Å². The van der Waals surface area contributed by atoms with Crippen molar-refractivity contribution in [1.29, 1.82) is 0 Å². The van der Waals surface area contributed by atoms with Crippen LogP contribution in [0.1, 0.15) is 101 Å². The van der Waals surface area contributed by atoms with E-state index in [1.165, 1.54) is 55.6 Å². The van der Waals surface area contributed by atoms with E-state index in [0.717, 1.165) is 6.42 Å². The molecular weight excluding hydrogens is 707 g/mol. The Balaban J connectivity index is 1.53. The Morgan fingerprint density at radius 1 is 0.578 bits per heavy atom. The minimum absolute atomic E-state index is 0.413. The van der Waals surface area contributed by atoms with E-state index in [9.17, 15) is 0 Å². The average Bonchev–Trinajstić information content (AvgIpc) is 3.67. The first kappa shape index (κ1) is 32.1. The van der Waals surface area contributed by atoms with Crippen LogP contribution in [0.2, 0.25) is 14.0 Å². The maximum absolute atomic E-state index is 4.56. The summed E-state index contributed by atoms with van der Waals surface area (Å²) in [6.07, 6.45) is 11.3. The van der Waals surface area contributed by atoms with Crippen molar-refractivity contribution < 1.29 is 16.5 Å². The van der Waals surface area contributed by atoms with Crippen LogP contribution in [0, 0.1) is 5.92 Å². The molecule has 0 spiro atoms. The van der Waals surface area contributed by atoms with Crippen molar-refractivity contribution in [3.8, 4) is 22.3 Å². The van der Waals surface area contributed by atoms with E-state index in [4.69, 9.17) is 0 Å². The first-order valence-corrected chi connectivity index (χ1v) is 34.3. The molecule has 0 heterocycles. The van der Waals surface area contributed by atoms with Gasteiger partial charge in [-0.1, -0.05) is 0 Å². The van der Waals surface area contributed by atoms with Crippen LogP contribution in [0.25, 0.3) is 34.4 Å². The van der Waals surface area contributed by atoms with Gasteiger partial charge in [-0.05, 0) is 0 Å². The molecule has 0 aliphatic heterocycles. The fourth-order valence-corrected chi connectivity index (χ4v) is 34.5. The van der Waals surface area contributed by atoms with Gasteiger partial charge >= 0.3 is 272 Å². The second kappa shape index (κ2) is 11.1. The summed E-state index contributed by atoms with van der Waals surface area (Å²) >= 11 is -4.56. The number of benzene rings is 4. The molecular formula is C44H53Hf. The van der Waals surface area contributed by atoms with Gasteiger partial charge in [0.1, 0.15) is 0 Å². The third-order valence-corrected chi connectivity index (χ3v) is 40.7. The van der Waals surface area contributed by atoms with Crippen LogP contribution in [0.4, 0.5) is 0 Å². The molecule has 2 unspecified atom stereocenters. The van der Waals surface area contributed by atoms with Gasteiger partial charge in [0.15, 0.2) is 0 Å². The first-order valence-electron chi connectivity index (χ1n) is 17.3. The van der Waals surface area contributed by atoms with Crippen LogP contribution in [-0.2, 0) is 16.5 Å². The van der Waals surface area contributed by atoms with E-state index in [1.54, 1.807) is 0 Å². The molecule has 1 heteroatoms. The number of hydrogen-bond donors (Lipinski definition) is 0. The molecule has 45 heavy (non-hydrogen) atoms. The molecule has 233 valence electrons. The molecule has 0 nitrogen and oxygen atoms in total. The predicted molar refractivity (Wildman–Crippen MR) is 199 cm³/mol. The monoisotopic (exact) mass is 761 g/mol. The molecule has 0 fully saturated rings. The predicted octanol–water partition coefficient (Wildman–Crippen LogP) is 13.3. The fourth-order valence-electron chi connectivity index (χ4n) is 8.57. The van der Waals surface area contributed by atoms with E-state index in [1.807, 2.05) is 0 Å². The molecule has 4 aromatic rings. The molecule has 0 radical (unpaired) electrons. The van der Waals surface area contributed by atoms with E-state index in [-0.39, 0.29) is 0 Å². The van der Waals surface area contributed by atoms with Crippen LogP contribution >= 0.6 is 0 Å². The number of fused-ring (bicyclic) bond motifs is 2. The van der Waals surface area contributed by atoms with Crippen LogP contribution in [0.3, 0.4) is 0 Å². The van der Waals surface area contributed by atoms with Crippen molar-refractivity contribution in [3.05, 3.63) is 130 Å². The molecule has 0 aromatic heterocycles. The minimum atomic E-state index is -4.56. The topological polar surface area (TPSA) is 0 Å². The molecule has 2 aliphatic carbocycles. The molecule has 2 atom stereocenters. The Kier molecular flexibility index (Phi) is 7.92. The standard InChI is InChI=1S/2C18H17.C5H10.3CH3.Hf/c2*1-13(2)15-8-3-9-16(12-15)18-11-5-7-14-6-4-10-17(14)18;1-4-5(2)3;;;;/h2*3-13H,1-2H3;1,5H,4H2,2-3H3;3*1H3;. The Hall–Kier alpha value is -2.90. The van der Waals surface area contributed by atoms with Crippen molar-refractivity contribution in [1.82, 2.24) is 0 Å². The first-order chi connectivity index (χ1) is 21.2. The number of hydrogen-bond acceptors (Lipinski definition) is 0. The fraction of sp³-hybridized carbons (Fsp3) is 0.341. The second-order valence-electron chi connectivity index (χ2n) is 17.3. The van der Waals surface area contributed by atoms with Crippen LogP contribution in [0.5, 0.6) is 0 Å². The van der Waals surface area contributed by atoms with Crippen molar-refractivity contribution >= 4 is 15.9 Å². The molecule has 0 amide bonds. The van der Waals surface area contributed by atoms with Crippen molar-refractivity contribution in [2.75, 3.05) is 0 Å². The average molecular weight is 760 g/mol. The number of allylic oxidation sites excluding steroid dienone is 2. The summed E-state index contributed by atoms with van der Waals surface area (Å²) in [4.78, 5) is 0. The van der Waals surface area contributed by atoms with Crippen LogP contribution in [-0.4, -0.2) is 3.76 Å². The SMILES string of the molecule is CC(C)C[CH]=[Hf]([CH3])([CH3])([CH3])([CH]1C=Cc2c(-c3cccc(C(C)C)c3)cccc21)[CH]1C=Cc2c(-c3cccc(C(C)C)c3)cccc21. The summed E-state index contributed by atoms with van der Waals surface area (Å²) in [6.45, 7) is 13.9. The van der Waals surface area contributed by atoms with E-state index in [2.05, 4.69) is 169 Å². The van der Waals surface area contributed by atoms with Gasteiger partial charge in [0, 0.05) is 0 Å². The molecule has 0 saturated carbocycles. The molecule has 0 bridgehead atoms. The van der Waals surface area contributed by atoms with Gasteiger partial charge in [-0.3, -0.25) is 0 Å². The van der Waals surface area contributed by atoms with Crippen molar-refractivity contribution in [2.24, 2.45) is 5.92 Å². The van der Waals surface area contributed by atoms with Gasteiger partial charge in [0.05, 0.1) is 0 Å². The normalized spacial score (nSPS) is 18.8. The molecule has 0 N–H and O–H groups in total. The van der Waals surface area contributed by atoms with Crippen molar-refractivity contribution in [2.45, 2.75) is 81.2 Å². The third-order valence-electron chi connectivity index (χ3n) is 11.6. The zero-order valence-electron chi connectivity index (χ0n) is 29.1. The molecule has 0 saturated heterocycles. The second-order valence-corrected chi connectivity index (χ2v) is 56.3. The number of rotatable bonds is 8. The summed E-state index contributed by atoms with van der Waals surface area (Å²) in [7, 11) is 0. The molecule has 6 rings (SSSR count). The van der Waals surface area contributed by atoms with Gasteiger partial charge < -0.3 is 0 Å². The Bertz CT molecular complexity index is 1790. The quantitative estimate of drug-likeness (QED) is 0.157. The Morgan fingerprint density at radius 2 is 1.00 bits per heavy atom. The zero-order chi connectivity index (χ0) is 32.2. The van der Waals surface area contributed by atoms with Gasteiger partial charge in [-0.15, -0.1) is 0 Å². The summed E-state index contributed by atoms with van der Waals surface area (Å²) < 4.78 is 12.0. The molecule has 2 aliphatic rings. The summed E-state index contributed by atoms with van der Waals surface area (Å²) in [5.41, 5.74) is 14.1. The van der Waals surface area contributed by atoms with E-state index in [0.29, 0.717) is 25.1 Å². The van der Waals surface area contributed by atoms with Crippen LogP contribution in [0.15, 0.2) is 97.1 Å². The molecule has 4 aromatic carbocycles. The van der Waals surface area contributed by atoms with E-state index >= 15 is 0 Å².